The zero-order valence-corrected chi connectivity index (χ0v) is 13.1. The van der Waals surface area contributed by atoms with Gasteiger partial charge >= 0.3 is 0 Å². The first-order valence-corrected chi connectivity index (χ1v) is 8.26. The lowest BCUT2D eigenvalue weighted by Gasteiger charge is -2.44. The van der Waals surface area contributed by atoms with Gasteiger partial charge in [0.2, 0.25) is 0 Å². The summed E-state index contributed by atoms with van der Waals surface area (Å²) in [6, 6.07) is 8.22. The molecule has 0 aromatic heterocycles. The van der Waals surface area contributed by atoms with Crippen molar-refractivity contribution in [3.63, 3.8) is 0 Å². The van der Waals surface area contributed by atoms with Gasteiger partial charge in [-0.1, -0.05) is 23.7 Å². The molecular formula is C17H24ClNO2. The van der Waals surface area contributed by atoms with Crippen LogP contribution < -0.4 is 5.73 Å². The van der Waals surface area contributed by atoms with Crippen LogP contribution in [0.25, 0.3) is 0 Å². The Hall–Kier alpha value is -0.610. The van der Waals surface area contributed by atoms with Crippen LogP contribution >= 0.6 is 11.6 Å². The quantitative estimate of drug-likeness (QED) is 0.932. The Labute approximate surface area is 131 Å². The average Bonchev–Trinajstić information content (AvgIpc) is 2.50. The molecule has 116 valence electrons. The monoisotopic (exact) mass is 309 g/mol. The highest BCUT2D eigenvalue weighted by Crippen LogP contribution is 2.38. The first-order valence-electron chi connectivity index (χ1n) is 7.89. The number of benzene rings is 1. The summed E-state index contributed by atoms with van der Waals surface area (Å²) in [6.07, 6.45) is 5.07. The van der Waals surface area contributed by atoms with E-state index in [2.05, 4.69) is 12.1 Å². The molecule has 3 nitrogen and oxygen atoms in total. The Bertz CT molecular complexity index is 451. The largest absolute Gasteiger partial charge is 0.381 e. The van der Waals surface area contributed by atoms with Gasteiger partial charge in [0.1, 0.15) is 0 Å². The lowest BCUT2D eigenvalue weighted by molar-refractivity contribution is -0.149. The van der Waals surface area contributed by atoms with E-state index >= 15 is 0 Å². The summed E-state index contributed by atoms with van der Waals surface area (Å²) < 4.78 is 11.6. The van der Waals surface area contributed by atoms with Crippen LogP contribution in [0.15, 0.2) is 24.3 Å². The van der Waals surface area contributed by atoms with E-state index in [1.807, 2.05) is 12.1 Å². The second kappa shape index (κ2) is 6.66. The van der Waals surface area contributed by atoms with Gasteiger partial charge in [0.05, 0.1) is 5.60 Å². The molecule has 0 saturated carbocycles. The predicted molar refractivity (Wildman–Crippen MR) is 84.6 cm³/mol. The number of halogens is 1. The summed E-state index contributed by atoms with van der Waals surface area (Å²) in [5.74, 6) is 0.535. The third kappa shape index (κ3) is 3.78. The molecule has 21 heavy (non-hydrogen) atoms. The molecular weight excluding hydrogens is 286 g/mol. The third-order valence-electron chi connectivity index (χ3n) is 4.93. The second-order valence-electron chi connectivity index (χ2n) is 6.39. The number of rotatable bonds is 3. The molecule has 1 aromatic carbocycles. The fourth-order valence-electron chi connectivity index (χ4n) is 3.58. The maximum Gasteiger partial charge on any atom is 0.0729 e. The fraction of sp³-hybridized carbons (Fsp3) is 0.647. The van der Waals surface area contributed by atoms with Crippen molar-refractivity contribution in [1.29, 1.82) is 0 Å². The molecule has 0 bridgehead atoms. The second-order valence-corrected chi connectivity index (χ2v) is 6.83. The van der Waals surface area contributed by atoms with E-state index < -0.39 is 0 Å². The van der Waals surface area contributed by atoms with Gasteiger partial charge in [-0.2, -0.15) is 0 Å². The van der Waals surface area contributed by atoms with Crippen LogP contribution in [0.1, 0.15) is 31.2 Å². The van der Waals surface area contributed by atoms with E-state index in [-0.39, 0.29) is 11.6 Å². The highest BCUT2D eigenvalue weighted by molar-refractivity contribution is 6.30. The van der Waals surface area contributed by atoms with Crippen LogP contribution in [0.3, 0.4) is 0 Å². The molecule has 3 rings (SSSR count). The molecule has 0 amide bonds. The van der Waals surface area contributed by atoms with Crippen LogP contribution in [0.4, 0.5) is 0 Å². The van der Waals surface area contributed by atoms with E-state index in [1.54, 1.807) is 0 Å². The number of hydrogen-bond acceptors (Lipinski definition) is 3. The van der Waals surface area contributed by atoms with Gasteiger partial charge < -0.3 is 15.2 Å². The van der Waals surface area contributed by atoms with E-state index in [0.717, 1.165) is 56.9 Å². The molecule has 0 radical (unpaired) electrons. The average molecular weight is 310 g/mol. The maximum atomic E-state index is 6.49. The molecule has 2 atom stereocenters. The molecule has 0 aliphatic carbocycles. The van der Waals surface area contributed by atoms with Gasteiger partial charge in [-0.25, -0.2) is 0 Å². The van der Waals surface area contributed by atoms with E-state index in [0.29, 0.717) is 5.92 Å². The van der Waals surface area contributed by atoms with Gasteiger partial charge in [0.25, 0.3) is 0 Å². The minimum Gasteiger partial charge on any atom is -0.381 e. The Kier molecular flexibility index (Phi) is 4.85. The molecule has 2 saturated heterocycles. The zero-order valence-electron chi connectivity index (χ0n) is 12.4. The molecule has 2 fully saturated rings. The SMILES string of the molecule is NC(Cc1ccc(Cl)cc1)C1CCOC2(CCOCC2)C1. The van der Waals surface area contributed by atoms with Crippen molar-refractivity contribution in [2.75, 3.05) is 19.8 Å². The Morgan fingerprint density at radius 2 is 1.90 bits per heavy atom. The summed E-state index contributed by atoms with van der Waals surface area (Å²) in [4.78, 5) is 0. The molecule has 1 aromatic rings. The lowest BCUT2D eigenvalue weighted by Crippen LogP contribution is -2.48. The van der Waals surface area contributed by atoms with Crippen LogP contribution in [0.5, 0.6) is 0 Å². The summed E-state index contributed by atoms with van der Waals surface area (Å²) >= 11 is 5.93. The molecule has 2 N–H and O–H groups in total. The van der Waals surface area contributed by atoms with Crippen molar-refractivity contribution in [3.8, 4) is 0 Å². The summed E-state index contributed by atoms with van der Waals surface area (Å²) in [7, 11) is 0. The van der Waals surface area contributed by atoms with Gasteiger partial charge in [-0.05, 0) is 55.7 Å². The van der Waals surface area contributed by atoms with Crippen molar-refractivity contribution < 1.29 is 9.47 Å². The number of hydrogen-bond donors (Lipinski definition) is 1. The molecule has 2 aliphatic rings. The minimum absolute atomic E-state index is 0.0266. The van der Waals surface area contributed by atoms with Crippen molar-refractivity contribution >= 4 is 11.6 Å². The van der Waals surface area contributed by atoms with Crippen molar-refractivity contribution in [1.82, 2.24) is 0 Å². The lowest BCUT2D eigenvalue weighted by atomic mass is 9.77. The Morgan fingerprint density at radius 3 is 2.62 bits per heavy atom. The topological polar surface area (TPSA) is 44.5 Å². The molecule has 1 spiro atoms. The number of ether oxygens (including phenoxy) is 2. The van der Waals surface area contributed by atoms with E-state index in [9.17, 15) is 0 Å². The van der Waals surface area contributed by atoms with Crippen molar-refractivity contribution in [3.05, 3.63) is 34.9 Å². The van der Waals surface area contributed by atoms with Crippen LogP contribution in [0, 0.1) is 5.92 Å². The Morgan fingerprint density at radius 1 is 1.19 bits per heavy atom. The summed E-state index contributed by atoms with van der Waals surface area (Å²) in [6.45, 7) is 2.47. The smallest absolute Gasteiger partial charge is 0.0729 e. The summed E-state index contributed by atoms with van der Waals surface area (Å²) in [5, 5.41) is 0.777. The molecule has 4 heteroatoms. The molecule has 2 heterocycles. The standard InChI is InChI=1S/C17H24ClNO2/c18-15-3-1-13(2-4-15)11-16(19)14-5-8-21-17(12-14)6-9-20-10-7-17/h1-4,14,16H,5-12,19H2. The van der Waals surface area contributed by atoms with Crippen molar-refractivity contribution in [2.24, 2.45) is 11.7 Å². The maximum absolute atomic E-state index is 6.49. The highest BCUT2D eigenvalue weighted by Gasteiger charge is 2.40. The minimum atomic E-state index is 0.0266. The van der Waals surface area contributed by atoms with Gasteiger partial charge in [-0.15, -0.1) is 0 Å². The van der Waals surface area contributed by atoms with Crippen LogP contribution in [-0.4, -0.2) is 31.5 Å². The molecule has 2 unspecified atom stereocenters. The van der Waals surface area contributed by atoms with Gasteiger partial charge in [0.15, 0.2) is 0 Å². The van der Waals surface area contributed by atoms with Gasteiger partial charge in [0, 0.05) is 30.9 Å². The predicted octanol–water partition coefficient (Wildman–Crippen LogP) is 3.19. The van der Waals surface area contributed by atoms with Crippen LogP contribution in [-0.2, 0) is 15.9 Å². The first-order chi connectivity index (χ1) is 10.2. The first kappa shape index (κ1) is 15.3. The summed E-state index contributed by atoms with van der Waals surface area (Å²) in [5.41, 5.74) is 7.78. The normalized spacial score (nSPS) is 26.7. The highest BCUT2D eigenvalue weighted by atomic mass is 35.5. The van der Waals surface area contributed by atoms with Gasteiger partial charge in [-0.3, -0.25) is 0 Å². The molecule has 2 aliphatic heterocycles. The third-order valence-corrected chi connectivity index (χ3v) is 5.18. The van der Waals surface area contributed by atoms with Crippen molar-refractivity contribution in [2.45, 2.75) is 43.7 Å². The zero-order chi connectivity index (χ0) is 14.7. The van der Waals surface area contributed by atoms with E-state index in [4.69, 9.17) is 26.8 Å². The fourth-order valence-corrected chi connectivity index (χ4v) is 3.71. The number of nitrogens with two attached hydrogens (primary N) is 1. The Balaban J connectivity index is 1.61. The van der Waals surface area contributed by atoms with Crippen LogP contribution in [0.2, 0.25) is 5.02 Å². The van der Waals surface area contributed by atoms with E-state index in [1.165, 1.54) is 5.56 Å².